The molecule has 1 atom stereocenters. The third kappa shape index (κ3) is 2.96. The lowest BCUT2D eigenvalue weighted by Crippen LogP contribution is -2.30. The number of nitrogens with zero attached hydrogens (tertiary/aromatic N) is 1. The van der Waals surface area contributed by atoms with Gasteiger partial charge in [0.1, 0.15) is 4.90 Å². The number of nitrogen functional groups attached to an aromatic ring is 1. The Kier molecular flexibility index (Phi) is 4.12. The summed E-state index contributed by atoms with van der Waals surface area (Å²) in [6.45, 7) is 1.65. The van der Waals surface area contributed by atoms with E-state index in [1.54, 1.807) is 0 Å². The number of sulfonamides is 1. The summed E-state index contributed by atoms with van der Waals surface area (Å²) >= 11 is 0. The van der Waals surface area contributed by atoms with E-state index in [0.717, 1.165) is 6.42 Å². The summed E-state index contributed by atoms with van der Waals surface area (Å²) < 4.78 is 31.9. The van der Waals surface area contributed by atoms with Gasteiger partial charge in [0.2, 0.25) is 10.0 Å². The molecule has 4 N–H and O–H groups in total. The molecule has 0 aromatic carbocycles. The molecule has 18 heavy (non-hydrogen) atoms. The van der Waals surface area contributed by atoms with Crippen LogP contribution < -0.4 is 16.0 Å². The van der Waals surface area contributed by atoms with E-state index in [1.807, 2.05) is 0 Å². The highest BCUT2D eigenvalue weighted by atomic mass is 32.2. The Morgan fingerprint density at radius 2 is 2.39 bits per heavy atom. The van der Waals surface area contributed by atoms with Crippen LogP contribution >= 0.6 is 0 Å². The molecule has 1 aliphatic heterocycles. The molecule has 1 saturated heterocycles. The highest BCUT2D eigenvalue weighted by Crippen LogP contribution is 2.19. The summed E-state index contributed by atoms with van der Waals surface area (Å²) in [6.07, 6.45) is 3.61. The zero-order valence-corrected chi connectivity index (χ0v) is 10.6. The minimum atomic E-state index is -3.60. The van der Waals surface area contributed by atoms with Crippen molar-refractivity contribution in [2.75, 3.05) is 25.2 Å². The number of ether oxygens (including phenoxy) is 1. The van der Waals surface area contributed by atoms with Crippen LogP contribution in [0.4, 0.5) is 5.69 Å². The number of hydrogen-bond donors (Lipinski definition) is 3. The summed E-state index contributed by atoms with van der Waals surface area (Å²) in [4.78, 5) is 3.85. The first-order valence-electron chi connectivity index (χ1n) is 5.61. The molecule has 0 bridgehead atoms. The van der Waals surface area contributed by atoms with Crippen LogP contribution in [0.25, 0.3) is 0 Å². The van der Waals surface area contributed by atoms with Gasteiger partial charge in [-0.1, -0.05) is 0 Å². The van der Waals surface area contributed by atoms with Gasteiger partial charge in [-0.3, -0.25) is 10.8 Å². The first-order chi connectivity index (χ1) is 8.63. The van der Waals surface area contributed by atoms with Crippen LogP contribution in [0.1, 0.15) is 6.42 Å². The molecule has 1 unspecified atom stereocenters. The van der Waals surface area contributed by atoms with E-state index in [9.17, 15) is 8.42 Å². The van der Waals surface area contributed by atoms with Crippen molar-refractivity contribution in [1.29, 1.82) is 0 Å². The van der Waals surface area contributed by atoms with Gasteiger partial charge >= 0.3 is 0 Å². The molecular formula is C10H16N4O3S. The molecule has 1 aromatic rings. The maximum Gasteiger partial charge on any atom is 0.244 e. The predicted molar refractivity (Wildman–Crippen MR) is 66.2 cm³/mol. The van der Waals surface area contributed by atoms with Crippen LogP contribution in [0.15, 0.2) is 23.4 Å². The fraction of sp³-hybridized carbons (Fsp3) is 0.500. The Labute approximate surface area is 106 Å². The lowest BCUT2D eigenvalue weighted by molar-refractivity contribution is 0.186. The Balaban J connectivity index is 2.09. The molecule has 0 spiro atoms. The predicted octanol–water partition coefficient (Wildman–Crippen LogP) is -0.318. The van der Waals surface area contributed by atoms with Crippen molar-refractivity contribution in [3.63, 3.8) is 0 Å². The summed E-state index contributed by atoms with van der Waals surface area (Å²) in [5, 5.41) is 0. The fourth-order valence-corrected chi connectivity index (χ4v) is 2.99. The Hall–Kier alpha value is -1.22. The van der Waals surface area contributed by atoms with Crippen molar-refractivity contribution in [1.82, 2.24) is 9.71 Å². The minimum absolute atomic E-state index is 0.0476. The molecule has 1 aromatic heterocycles. The minimum Gasteiger partial charge on any atom is -0.381 e. The Bertz CT molecular complexity index is 500. The second-order valence-electron chi connectivity index (χ2n) is 4.10. The fourth-order valence-electron chi connectivity index (χ4n) is 1.76. The van der Waals surface area contributed by atoms with Gasteiger partial charge in [-0.2, -0.15) is 0 Å². The van der Waals surface area contributed by atoms with Crippen molar-refractivity contribution in [3.05, 3.63) is 18.5 Å². The van der Waals surface area contributed by atoms with Crippen LogP contribution in [0.5, 0.6) is 0 Å². The van der Waals surface area contributed by atoms with Crippen LogP contribution in [0, 0.1) is 5.92 Å². The number of pyridine rings is 1. The van der Waals surface area contributed by atoms with Gasteiger partial charge in [-0.05, 0) is 18.4 Å². The summed E-state index contributed by atoms with van der Waals surface area (Å²) in [6, 6.07) is 1.51. The highest BCUT2D eigenvalue weighted by Gasteiger charge is 2.22. The number of hydrogen-bond acceptors (Lipinski definition) is 6. The maximum atomic E-state index is 12.1. The largest absolute Gasteiger partial charge is 0.381 e. The van der Waals surface area contributed by atoms with Crippen LogP contribution in [-0.2, 0) is 14.8 Å². The SMILES string of the molecule is NNc1ccncc1S(=O)(=O)NCC1CCOC1. The van der Waals surface area contributed by atoms with E-state index < -0.39 is 10.0 Å². The van der Waals surface area contributed by atoms with Crippen LogP contribution in [0.3, 0.4) is 0 Å². The van der Waals surface area contributed by atoms with Gasteiger partial charge in [-0.25, -0.2) is 13.1 Å². The molecule has 0 aliphatic carbocycles. The van der Waals surface area contributed by atoms with Gasteiger partial charge in [0, 0.05) is 25.5 Å². The van der Waals surface area contributed by atoms with E-state index in [0.29, 0.717) is 25.4 Å². The van der Waals surface area contributed by atoms with Crippen molar-refractivity contribution >= 4 is 15.7 Å². The van der Waals surface area contributed by atoms with Crippen molar-refractivity contribution in [2.24, 2.45) is 11.8 Å². The van der Waals surface area contributed by atoms with Gasteiger partial charge in [0.05, 0.1) is 12.3 Å². The second-order valence-corrected chi connectivity index (χ2v) is 5.83. The molecule has 2 rings (SSSR count). The number of nitrogens with one attached hydrogen (secondary N) is 2. The topological polar surface area (TPSA) is 106 Å². The average Bonchev–Trinajstić information content (AvgIpc) is 2.89. The molecular weight excluding hydrogens is 256 g/mol. The van der Waals surface area contributed by atoms with Gasteiger partial charge in [0.25, 0.3) is 0 Å². The van der Waals surface area contributed by atoms with Crippen molar-refractivity contribution in [2.45, 2.75) is 11.3 Å². The number of nitrogens with two attached hydrogens (primary N) is 1. The molecule has 100 valence electrons. The summed E-state index contributed by atoms with van der Waals surface area (Å²) in [5.74, 6) is 5.50. The van der Waals surface area contributed by atoms with Gasteiger partial charge in [-0.15, -0.1) is 0 Å². The molecule has 1 fully saturated rings. The quantitative estimate of drug-likeness (QED) is 0.501. The first-order valence-corrected chi connectivity index (χ1v) is 7.10. The van der Waals surface area contributed by atoms with E-state index in [4.69, 9.17) is 10.6 Å². The molecule has 2 heterocycles. The van der Waals surface area contributed by atoms with E-state index in [1.165, 1.54) is 18.5 Å². The van der Waals surface area contributed by atoms with Gasteiger partial charge < -0.3 is 10.2 Å². The van der Waals surface area contributed by atoms with Crippen LogP contribution in [-0.4, -0.2) is 33.2 Å². The first kappa shape index (κ1) is 13.2. The zero-order chi connectivity index (χ0) is 13.0. The summed E-state index contributed by atoms with van der Waals surface area (Å²) in [7, 11) is -3.60. The molecule has 0 saturated carbocycles. The van der Waals surface area contributed by atoms with Crippen molar-refractivity contribution in [3.8, 4) is 0 Å². The molecule has 7 nitrogen and oxygen atoms in total. The number of aromatic nitrogens is 1. The standard InChI is InChI=1S/C10H16N4O3S/c11-14-9-1-3-12-6-10(9)18(15,16)13-5-8-2-4-17-7-8/h1,3,6,8,13H,2,4-5,7,11H2,(H,12,14). The van der Waals surface area contributed by atoms with Crippen molar-refractivity contribution < 1.29 is 13.2 Å². The Morgan fingerprint density at radius 1 is 1.56 bits per heavy atom. The van der Waals surface area contributed by atoms with Gasteiger partial charge in [0.15, 0.2) is 0 Å². The second kappa shape index (κ2) is 5.61. The van der Waals surface area contributed by atoms with E-state index in [-0.39, 0.29) is 10.8 Å². The summed E-state index contributed by atoms with van der Waals surface area (Å²) in [5.41, 5.74) is 2.67. The maximum absolute atomic E-state index is 12.1. The lowest BCUT2D eigenvalue weighted by atomic mass is 10.1. The molecule has 0 amide bonds. The van der Waals surface area contributed by atoms with Crippen LogP contribution in [0.2, 0.25) is 0 Å². The Morgan fingerprint density at radius 3 is 3.06 bits per heavy atom. The van der Waals surface area contributed by atoms with E-state index in [2.05, 4.69) is 15.1 Å². The lowest BCUT2D eigenvalue weighted by Gasteiger charge is -2.12. The smallest absolute Gasteiger partial charge is 0.244 e. The normalized spacial score (nSPS) is 19.9. The molecule has 1 aliphatic rings. The zero-order valence-electron chi connectivity index (χ0n) is 9.80. The average molecular weight is 272 g/mol. The number of anilines is 1. The molecule has 8 heteroatoms. The number of hydrazine groups is 1. The monoisotopic (exact) mass is 272 g/mol. The molecule has 0 radical (unpaired) electrons. The highest BCUT2D eigenvalue weighted by molar-refractivity contribution is 7.89. The number of rotatable bonds is 5. The van der Waals surface area contributed by atoms with E-state index >= 15 is 0 Å². The third-order valence-electron chi connectivity index (χ3n) is 2.82. The third-order valence-corrected chi connectivity index (χ3v) is 4.27.